The van der Waals surface area contributed by atoms with Gasteiger partial charge in [0.1, 0.15) is 0 Å². The number of hydrogen-bond donors (Lipinski definition) is 1. The van der Waals surface area contributed by atoms with Crippen molar-refractivity contribution in [3.8, 4) is 0 Å². The fourth-order valence-electron chi connectivity index (χ4n) is 1.55. The lowest BCUT2D eigenvalue weighted by Gasteiger charge is -2.04. The zero-order valence-corrected chi connectivity index (χ0v) is 9.74. The van der Waals surface area contributed by atoms with Gasteiger partial charge in [0.25, 0.3) is 0 Å². The van der Waals surface area contributed by atoms with Gasteiger partial charge in [-0.2, -0.15) is 0 Å². The summed E-state index contributed by atoms with van der Waals surface area (Å²) in [4.78, 5) is 0. The Balaban J connectivity index is 2.56. The van der Waals surface area contributed by atoms with Crippen LogP contribution in [0.15, 0.2) is 30.3 Å². The number of nitrogens with two attached hydrogens (primary N) is 1. The third-order valence-electron chi connectivity index (χ3n) is 2.27. The van der Waals surface area contributed by atoms with Crippen LogP contribution in [0.4, 0.5) is 0 Å². The van der Waals surface area contributed by atoms with Crippen LogP contribution in [-0.2, 0) is 6.42 Å². The van der Waals surface area contributed by atoms with Gasteiger partial charge in [0.15, 0.2) is 0 Å². The molecule has 0 bridgehead atoms. The summed E-state index contributed by atoms with van der Waals surface area (Å²) in [5, 5.41) is 0. The SMILES string of the molecule is CC(C)Cc1ccc(C=CCCN)cc1. The highest BCUT2D eigenvalue weighted by Gasteiger charge is 1.96. The fraction of sp³-hybridized carbons (Fsp3) is 0.429. The Bertz CT molecular complexity index is 296. The first-order valence-corrected chi connectivity index (χ1v) is 5.68. The van der Waals surface area contributed by atoms with Gasteiger partial charge < -0.3 is 5.73 Å². The number of rotatable bonds is 5. The van der Waals surface area contributed by atoms with Crippen LogP contribution < -0.4 is 5.73 Å². The lowest BCUT2D eigenvalue weighted by Crippen LogP contribution is -1.95. The standard InChI is InChI=1S/C14H21N/c1-12(2)11-14-8-6-13(7-9-14)5-3-4-10-15/h3,5-9,12H,4,10-11,15H2,1-2H3. The van der Waals surface area contributed by atoms with Crippen LogP contribution in [0.3, 0.4) is 0 Å². The average Bonchev–Trinajstić information content (AvgIpc) is 2.20. The van der Waals surface area contributed by atoms with Gasteiger partial charge in [-0.15, -0.1) is 0 Å². The minimum absolute atomic E-state index is 0.724. The molecule has 1 heteroatoms. The van der Waals surface area contributed by atoms with Crippen LogP contribution in [-0.4, -0.2) is 6.54 Å². The lowest BCUT2D eigenvalue weighted by atomic mass is 10.0. The summed E-state index contributed by atoms with van der Waals surface area (Å²) >= 11 is 0. The molecule has 0 heterocycles. The van der Waals surface area contributed by atoms with Crippen molar-refractivity contribution in [1.82, 2.24) is 0 Å². The first-order valence-electron chi connectivity index (χ1n) is 5.68. The third kappa shape index (κ3) is 4.80. The second-order valence-corrected chi connectivity index (χ2v) is 4.32. The van der Waals surface area contributed by atoms with Gasteiger partial charge in [-0.05, 0) is 36.4 Å². The summed E-state index contributed by atoms with van der Waals surface area (Å²) in [5.41, 5.74) is 8.10. The zero-order valence-electron chi connectivity index (χ0n) is 9.74. The fourth-order valence-corrected chi connectivity index (χ4v) is 1.55. The topological polar surface area (TPSA) is 26.0 Å². The second-order valence-electron chi connectivity index (χ2n) is 4.32. The highest BCUT2D eigenvalue weighted by molar-refractivity contribution is 5.49. The molecular formula is C14H21N. The van der Waals surface area contributed by atoms with Crippen molar-refractivity contribution in [2.45, 2.75) is 26.7 Å². The average molecular weight is 203 g/mol. The van der Waals surface area contributed by atoms with Crippen molar-refractivity contribution in [3.05, 3.63) is 41.5 Å². The maximum Gasteiger partial charge on any atom is -0.00425 e. The van der Waals surface area contributed by atoms with E-state index in [1.165, 1.54) is 11.1 Å². The van der Waals surface area contributed by atoms with Crippen LogP contribution in [0.5, 0.6) is 0 Å². The Hall–Kier alpha value is -1.08. The monoisotopic (exact) mass is 203 g/mol. The van der Waals surface area contributed by atoms with E-state index >= 15 is 0 Å². The quantitative estimate of drug-likeness (QED) is 0.781. The molecule has 0 aliphatic rings. The molecule has 82 valence electrons. The predicted molar refractivity (Wildman–Crippen MR) is 67.7 cm³/mol. The molecule has 0 saturated carbocycles. The van der Waals surface area contributed by atoms with Gasteiger partial charge in [-0.1, -0.05) is 50.3 Å². The molecule has 1 aromatic rings. The molecule has 0 aromatic heterocycles. The van der Waals surface area contributed by atoms with Crippen molar-refractivity contribution in [1.29, 1.82) is 0 Å². The van der Waals surface area contributed by atoms with Gasteiger partial charge in [0.05, 0.1) is 0 Å². The summed E-state index contributed by atoms with van der Waals surface area (Å²) in [6, 6.07) is 8.76. The molecule has 0 aliphatic heterocycles. The second kappa shape index (κ2) is 6.41. The van der Waals surface area contributed by atoms with E-state index in [1.807, 2.05) is 0 Å². The van der Waals surface area contributed by atoms with Gasteiger partial charge >= 0.3 is 0 Å². The van der Waals surface area contributed by atoms with E-state index in [0.29, 0.717) is 0 Å². The Morgan fingerprint density at radius 3 is 2.40 bits per heavy atom. The summed E-state index contributed by atoms with van der Waals surface area (Å²) in [7, 11) is 0. The van der Waals surface area contributed by atoms with Gasteiger partial charge in [-0.3, -0.25) is 0 Å². The molecule has 0 radical (unpaired) electrons. The van der Waals surface area contributed by atoms with Crippen molar-refractivity contribution in [2.75, 3.05) is 6.54 Å². The predicted octanol–water partition coefficient (Wildman–Crippen LogP) is 3.25. The molecular weight excluding hydrogens is 182 g/mol. The van der Waals surface area contributed by atoms with Crippen molar-refractivity contribution < 1.29 is 0 Å². The van der Waals surface area contributed by atoms with Crippen LogP contribution >= 0.6 is 0 Å². The summed E-state index contributed by atoms with van der Waals surface area (Å²) < 4.78 is 0. The van der Waals surface area contributed by atoms with Crippen LogP contribution in [0.25, 0.3) is 6.08 Å². The largest absolute Gasteiger partial charge is 0.330 e. The van der Waals surface area contributed by atoms with Crippen LogP contribution in [0, 0.1) is 5.92 Å². The Morgan fingerprint density at radius 2 is 1.87 bits per heavy atom. The first kappa shape index (κ1) is 12.0. The summed E-state index contributed by atoms with van der Waals surface area (Å²) in [5.74, 6) is 0.726. The number of hydrogen-bond acceptors (Lipinski definition) is 1. The first-order chi connectivity index (χ1) is 7.22. The molecule has 0 saturated heterocycles. The third-order valence-corrected chi connectivity index (χ3v) is 2.27. The van der Waals surface area contributed by atoms with E-state index in [-0.39, 0.29) is 0 Å². The highest BCUT2D eigenvalue weighted by Crippen LogP contribution is 2.10. The van der Waals surface area contributed by atoms with E-state index < -0.39 is 0 Å². The molecule has 15 heavy (non-hydrogen) atoms. The van der Waals surface area contributed by atoms with Gasteiger partial charge in [0.2, 0.25) is 0 Å². The van der Waals surface area contributed by atoms with E-state index in [0.717, 1.165) is 25.3 Å². The highest BCUT2D eigenvalue weighted by atomic mass is 14.5. The Kier molecular flexibility index (Phi) is 5.13. The molecule has 2 N–H and O–H groups in total. The van der Waals surface area contributed by atoms with Gasteiger partial charge in [-0.25, -0.2) is 0 Å². The summed E-state index contributed by atoms with van der Waals surface area (Å²) in [6.07, 6.45) is 6.37. The maximum atomic E-state index is 5.42. The molecule has 0 atom stereocenters. The molecule has 1 rings (SSSR count). The van der Waals surface area contributed by atoms with Crippen molar-refractivity contribution in [3.63, 3.8) is 0 Å². The Morgan fingerprint density at radius 1 is 1.20 bits per heavy atom. The minimum atomic E-state index is 0.724. The minimum Gasteiger partial charge on any atom is -0.330 e. The van der Waals surface area contributed by atoms with E-state index in [1.54, 1.807) is 0 Å². The van der Waals surface area contributed by atoms with E-state index in [2.05, 4.69) is 50.3 Å². The van der Waals surface area contributed by atoms with Crippen LogP contribution in [0.1, 0.15) is 31.4 Å². The molecule has 1 aromatic carbocycles. The normalized spacial score (nSPS) is 11.5. The zero-order chi connectivity index (χ0) is 11.1. The molecule has 0 amide bonds. The molecule has 1 nitrogen and oxygen atoms in total. The van der Waals surface area contributed by atoms with E-state index in [4.69, 9.17) is 5.73 Å². The van der Waals surface area contributed by atoms with Gasteiger partial charge in [0, 0.05) is 0 Å². The molecule has 0 aliphatic carbocycles. The Labute approximate surface area is 93.0 Å². The van der Waals surface area contributed by atoms with Crippen molar-refractivity contribution in [2.24, 2.45) is 11.7 Å². The number of benzene rings is 1. The smallest absolute Gasteiger partial charge is 0.00425 e. The molecule has 0 unspecified atom stereocenters. The summed E-state index contributed by atoms with van der Waals surface area (Å²) in [6.45, 7) is 5.21. The molecule has 0 spiro atoms. The van der Waals surface area contributed by atoms with Crippen molar-refractivity contribution >= 4 is 6.08 Å². The van der Waals surface area contributed by atoms with Crippen LogP contribution in [0.2, 0.25) is 0 Å². The lowest BCUT2D eigenvalue weighted by molar-refractivity contribution is 0.647. The van der Waals surface area contributed by atoms with E-state index in [9.17, 15) is 0 Å². The maximum absolute atomic E-state index is 5.42. The molecule has 0 fully saturated rings.